The van der Waals surface area contributed by atoms with Crippen LogP contribution in [0.3, 0.4) is 0 Å². The number of nitrogens with zero attached hydrogens (tertiary/aromatic N) is 7. The van der Waals surface area contributed by atoms with Crippen molar-refractivity contribution in [2.24, 2.45) is 0 Å². The first kappa shape index (κ1) is 23.7. The second-order valence-electron chi connectivity index (χ2n) is 8.98. The van der Waals surface area contributed by atoms with E-state index in [4.69, 9.17) is 0 Å². The van der Waals surface area contributed by atoms with E-state index in [2.05, 4.69) is 62.8 Å². The highest BCUT2D eigenvalue weighted by molar-refractivity contribution is 5.77. The molecule has 2 N–H and O–H groups in total. The van der Waals surface area contributed by atoms with Gasteiger partial charge in [-0.05, 0) is 49.9 Å². The van der Waals surface area contributed by atoms with Gasteiger partial charge in [0.1, 0.15) is 5.39 Å². The van der Waals surface area contributed by atoms with Gasteiger partial charge in [0.05, 0.1) is 18.8 Å². The van der Waals surface area contributed by atoms with Gasteiger partial charge in [-0.3, -0.25) is 4.79 Å². The summed E-state index contributed by atoms with van der Waals surface area (Å²) in [5.74, 6) is 0.851. The summed E-state index contributed by atoms with van der Waals surface area (Å²) in [6.45, 7) is 10.1. The molecule has 4 aromatic rings. The molecule has 4 heterocycles. The molecular weight excluding hydrogens is 456 g/mol. The summed E-state index contributed by atoms with van der Waals surface area (Å²) < 4.78 is 3.15. The average Bonchev–Trinajstić information content (AvgIpc) is 3.16. The van der Waals surface area contributed by atoms with E-state index in [1.807, 2.05) is 6.07 Å². The maximum Gasteiger partial charge on any atom is 0.278 e. The van der Waals surface area contributed by atoms with Crippen molar-refractivity contribution in [1.29, 1.82) is 0 Å². The lowest BCUT2D eigenvalue weighted by Crippen LogP contribution is -2.44. The highest BCUT2D eigenvalue weighted by Crippen LogP contribution is 2.26. The first-order chi connectivity index (χ1) is 17.5. The molecule has 0 spiro atoms. The zero-order chi connectivity index (χ0) is 25.2. The minimum absolute atomic E-state index is 0.204. The maximum atomic E-state index is 13.1. The molecule has 3 aromatic heterocycles. The highest BCUT2D eigenvalue weighted by atomic mass is 16.3. The van der Waals surface area contributed by atoms with Crippen molar-refractivity contribution in [1.82, 2.24) is 29.2 Å². The van der Waals surface area contributed by atoms with Crippen LogP contribution in [0.5, 0.6) is 0 Å². The SMILES string of the molecule is C=CCn1c(=O)c2cnc(Nc3ccc(N4CCN(C)CC4)c(C)c3)nc2n1-c1cccc(CO)n1. The van der Waals surface area contributed by atoms with Crippen molar-refractivity contribution < 1.29 is 5.11 Å². The number of nitrogens with one attached hydrogen (secondary N) is 1. The van der Waals surface area contributed by atoms with Crippen LogP contribution in [0.1, 0.15) is 11.3 Å². The lowest BCUT2D eigenvalue weighted by atomic mass is 10.1. The Bertz CT molecular complexity index is 1470. The molecule has 1 saturated heterocycles. The molecule has 0 atom stereocenters. The van der Waals surface area contributed by atoms with Crippen molar-refractivity contribution in [3.05, 3.63) is 76.9 Å². The third-order valence-corrected chi connectivity index (χ3v) is 6.45. The van der Waals surface area contributed by atoms with Gasteiger partial charge in [0.15, 0.2) is 11.5 Å². The van der Waals surface area contributed by atoms with Crippen LogP contribution in [0, 0.1) is 6.92 Å². The number of anilines is 3. The Morgan fingerprint density at radius 1 is 1.14 bits per heavy atom. The topological polar surface area (TPSA) is 104 Å². The van der Waals surface area contributed by atoms with Crippen LogP contribution in [0.15, 0.2) is 60.0 Å². The fourth-order valence-corrected chi connectivity index (χ4v) is 4.55. The number of benzene rings is 1. The van der Waals surface area contributed by atoms with Gasteiger partial charge in [0.2, 0.25) is 5.95 Å². The zero-order valence-corrected chi connectivity index (χ0v) is 20.6. The number of aryl methyl sites for hydroxylation is 1. The number of hydrogen-bond acceptors (Lipinski definition) is 8. The number of allylic oxidation sites excluding steroid dienone is 1. The minimum atomic E-state index is -0.236. The van der Waals surface area contributed by atoms with E-state index >= 15 is 0 Å². The number of aromatic nitrogens is 5. The van der Waals surface area contributed by atoms with Crippen LogP contribution < -0.4 is 15.8 Å². The van der Waals surface area contributed by atoms with Crippen molar-refractivity contribution in [3.63, 3.8) is 0 Å². The van der Waals surface area contributed by atoms with Crippen molar-refractivity contribution in [3.8, 4) is 5.82 Å². The zero-order valence-electron chi connectivity index (χ0n) is 20.6. The molecule has 1 fully saturated rings. The van der Waals surface area contributed by atoms with Crippen molar-refractivity contribution >= 4 is 28.4 Å². The third-order valence-electron chi connectivity index (χ3n) is 6.45. The van der Waals surface area contributed by atoms with Gasteiger partial charge < -0.3 is 20.2 Å². The van der Waals surface area contributed by atoms with Gasteiger partial charge >= 0.3 is 0 Å². The molecule has 0 saturated carbocycles. The Balaban J connectivity index is 1.50. The summed E-state index contributed by atoms with van der Waals surface area (Å²) in [6, 6.07) is 11.5. The van der Waals surface area contributed by atoms with Gasteiger partial charge in [0.25, 0.3) is 5.56 Å². The van der Waals surface area contributed by atoms with Crippen LogP contribution in [0.2, 0.25) is 0 Å². The number of rotatable bonds is 7. The molecule has 186 valence electrons. The Hall–Kier alpha value is -4.02. The van der Waals surface area contributed by atoms with Gasteiger partial charge in [-0.15, -0.1) is 6.58 Å². The first-order valence-corrected chi connectivity index (χ1v) is 12.0. The van der Waals surface area contributed by atoms with Crippen LogP contribution in [-0.2, 0) is 13.2 Å². The van der Waals surface area contributed by atoms with Gasteiger partial charge in [0, 0.05) is 43.8 Å². The normalized spacial score (nSPS) is 14.4. The molecule has 0 aliphatic carbocycles. The van der Waals surface area contributed by atoms with E-state index in [0.717, 1.165) is 31.9 Å². The molecular formula is C26H30N8O2. The predicted octanol–water partition coefficient (Wildman–Crippen LogP) is 2.46. The predicted molar refractivity (Wildman–Crippen MR) is 141 cm³/mol. The molecule has 1 aliphatic heterocycles. The van der Waals surface area contributed by atoms with Gasteiger partial charge in [-0.2, -0.15) is 4.98 Å². The monoisotopic (exact) mass is 486 g/mol. The van der Waals surface area contributed by atoms with E-state index in [9.17, 15) is 9.90 Å². The van der Waals surface area contributed by atoms with E-state index in [-0.39, 0.29) is 18.7 Å². The second kappa shape index (κ2) is 9.92. The Labute approximate surface area is 209 Å². The van der Waals surface area contributed by atoms with E-state index in [1.54, 1.807) is 29.0 Å². The Morgan fingerprint density at radius 3 is 2.67 bits per heavy atom. The number of fused-ring (bicyclic) bond motifs is 1. The molecule has 10 nitrogen and oxygen atoms in total. The summed E-state index contributed by atoms with van der Waals surface area (Å²) in [4.78, 5) is 31.4. The van der Waals surface area contributed by atoms with Crippen LogP contribution in [-0.4, -0.2) is 67.5 Å². The van der Waals surface area contributed by atoms with Crippen LogP contribution in [0.25, 0.3) is 16.9 Å². The van der Waals surface area contributed by atoms with Gasteiger partial charge in [-0.25, -0.2) is 19.3 Å². The maximum absolute atomic E-state index is 13.1. The highest BCUT2D eigenvalue weighted by Gasteiger charge is 2.19. The number of hydrogen-bond donors (Lipinski definition) is 2. The van der Waals surface area contributed by atoms with Crippen molar-refractivity contribution in [2.75, 3.05) is 43.4 Å². The summed E-state index contributed by atoms with van der Waals surface area (Å²) >= 11 is 0. The summed E-state index contributed by atoms with van der Waals surface area (Å²) in [7, 11) is 2.15. The lowest BCUT2D eigenvalue weighted by molar-refractivity contribution is 0.276. The number of likely N-dealkylation sites (N-methyl/N-ethyl adjacent to an activating group) is 1. The fraction of sp³-hybridized carbons (Fsp3) is 0.308. The lowest BCUT2D eigenvalue weighted by Gasteiger charge is -2.35. The minimum Gasteiger partial charge on any atom is -0.390 e. The second-order valence-corrected chi connectivity index (χ2v) is 8.98. The van der Waals surface area contributed by atoms with Crippen molar-refractivity contribution in [2.45, 2.75) is 20.1 Å². The number of pyridine rings is 1. The molecule has 0 unspecified atom stereocenters. The standard InChI is InChI=1S/C26H30N8O2/c1-4-10-33-25(36)21-16-27-26(30-24(21)34(33)23-7-5-6-20(17-35)28-23)29-19-8-9-22(18(2)15-19)32-13-11-31(3)12-14-32/h4-9,15-16,35H,1,10-14,17H2,2-3H3,(H,27,29,30). The molecule has 1 aliphatic rings. The fourth-order valence-electron chi connectivity index (χ4n) is 4.55. The largest absolute Gasteiger partial charge is 0.390 e. The summed E-state index contributed by atoms with van der Waals surface area (Å²) in [5, 5.41) is 13.2. The Kier molecular flexibility index (Phi) is 6.53. The first-order valence-electron chi connectivity index (χ1n) is 12.0. The third kappa shape index (κ3) is 4.48. The van der Waals surface area contributed by atoms with Crippen LogP contribution >= 0.6 is 0 Å². The molecule has 0 bridgehead atoms. The van der Waals surface area contributed by atoms with Gasteiger partial charge in [-0.1, -0.05) is 12.1 Å². The number of aliphatic hydroxyl groups is 1. The summed E-state index contributed by atoms with van der Waals surface area (Å²) in [5.41, 5.74) is 3.95. The van der Waals surface area contributed by atoms with Crippen LogP contribution in [0.4, 0.5) is 17.3 Å². The summed E-state index contributed by atoms with van der Waals surface area (Å²) in [6.07, 6.45) is 3.18. The molecule has 36 heavy (non-hydrogen) atoms. The average molecular weight is 487 g/mol. The van der Waals surface area contributed by atoms with E-state index in [1.165, 1.54) is 22.1 Å². The number of aliphatic hydroxyl groups excluding tert-OH is 1. The molecule has 0 radical (unpaired) electrons. The van der Waals surface area contributed by atoms with E-state index in [0.29, 0.717) is 28.5 Å². The Morgan fingerprint density at radius 2 is 1.94 bits per heavy atom. The molecule has 10 heteroatoms. The smallest absolute Gasteiger partial charge is 0.278 e. The molecule has 0 amide bonds. The molecule has 5 rings (SSSR count). The number of piperazine rings is 1. The van der Waals surface area contributed by atoms with E-state index < -0.39 is 0 Å². The molecule has 1 aromatic carbocycles. The quantitative estimate of drug-likeness (QED) is 0.384.